The average Bonchev–Trinajstić information content (AvgIpc) is 3.66. The second-order valence-corrected chi connectivity index (χ2v) is 9.11. The summed E-state index contributed by atoms with van der Waals surface area (Å²) in [5.41, 5.74) is 2.42. The van der Waals surface area contributed by atoms with Crippen molar-refractivity contribution in [3.05, 3.63) is 78.6 Å². The smallest absolute Gasteiger partial charge is 0.262 e. The Morgan fingerprint density at radius 2 is 1.84 bits per heavy atom. The van der Waals surface area contributed by atoms with Crippen molar-refractivity contribution in [2.45, 2.75) is 25.0 Å². The van der Waals surface area contributed by atoms with E-state index in [1.165, 1.54) is 4.90 Å². The van der Waals surface area contributed by atoms with E-state index in [0.29, 0.717) is 35.3 Å². The van der Waals surface area contributed by atoms with E-state index in [9.17, 15) is 9.90 Å². The van der Waals surface area contributed by atoms with Gasteiger partial charge >= 0.3 is 0 Å². The molecule has 0 bridgehead atoms. The SMILES string of the molecule is C[C@H](Nc1nccc(-c2cccc(-c3cc([C@]4(O)CCN(C)C4=O)on3)n2)n1)c1ccn2ccnc2c1. The Labute approximate surface area is 211 Å². The number of aromatic nitrogens is 6. The van der Waals surface area contributed by atoms with Crippen LogP contribution in [0, 0.1) is 0 Å². The molecule has 0 spiro atoms. The highest BCUT2D eigenvalue weighted by Gasteiger charge is 2.48. The highest BCUT2D eigenvalue weighted by atomic mass is 16.5. The Morgan fingerprint density at radius 1 is 1.03 bits per heavy atom. The number of nitrogens with one attached hydrogen (secondary N) is 1. The zero-order valence-corrected chi connectivity index (χ0v) is 20.2. The average molecular weight is 497 g/mol. The summed E-state index contributed by atoms with van der Waals surface area (Å²) in [6, 6.07) is 12.8. The standard InChI is InChI=1S/C26H24N8O3/c1-16(17-7-11-34-13-10-27-23(34)14-17)29-25-28-9-6-20(31-25)18-4-3-5-19(30-18)21-15-22(37-32-21)26(36)8-12-33(2)24(26)35/h3-7,9-11,13-16,36H,8,12H2,1-2H3,(H,28,29,31)/t16-,26+/m0/s1. The van der Waals surface area contributed by atoms with E-state index >= 15 is 0 Å². The minimum Gasteiger partial charge on any atom is -0.373 e. The van der Waals surface area contributed by atoms with Crippen LogP contribution in [0.4, 0.5) is 5.95 Å². The van der Waals surface area contributed by atoms with Crippen molar-refractivity contribution in [2.24, 2.45) is 0 Å². The molecule has 37 heavy (non-hydrogen) atoms. The van der Waals surface area contributed by atoms with Crippen molar-refractivity contribution in [2.75, 3.05) is 18.9 Å². The number of anilines is 1. The van der Waals surface area contributed by atoms with Crippen LogP contribution < -0.4 is 5.32 Å². The van der Waals surface area contributed by atoms with Crippen molar-refractivity contribution >= 4 is 17.5 Å². The maximum absolute atomic E-state index is 12.4. The fourth-order valence-electron chi connectivity index (χ4n) is 4.44. The van der Waals surface area contributed by atoms with Gasteiger partial charge in [0, 0.05) is 50.9 Å². The van der Waals surface area contributed by atoms with Gasteiger partial charge in [-0.25, -0.2) is 19.9 Å². The first kappa shape index (κ1) is 22.8. The second kappa shape index (κ2) is 8.79. The molecule has 6 rings (SSSR count). The summed E-state index contributed by atoms with van der Waals surface area (Å²) >= 11 is 0. The maximum atomic E-state index is 12.4. The molecule has 1 aliphatic rings. The van der Waals surface area contributed by atoms with Crippen molar-refractivity contribution < 1.29 is 14.4 Å². The Bertz CT molecular complexity index is 1610. The van der Waals surface area contributed by atoms with Gasteiger partial charge in [0.1, 0.15) is 11.3 Å². The third-order valence-electron chi connectivity index (χ3n) is 6.62. The Hall–Kier alpha value is -4.64. The van der Waals surface area contributed by atoms with E-state index in [1.807, 2.05) is 48.0 Å². The van der Waals surface area contributed by atoms with Crippen molar-refractivity contribution in [3.63, 3.8) is 0 Å². The molecule has 2 N–H and O–H groups in total. The number of amides is 1. The number of hydrogen-bond donors (Lipinski definition) is 2. The van der Waals surface area contributed by atoms with Gasteiger partial charge in [-0.2, -0.15) is 0 Å². The van der Waals surface area contributed by atoms with E-state index in [-0.39, 0.29) is 18.2 Å². The number of nitrogens with zero attached hydrogens (tertiary/aromatic N) is 7. The van der Waals surface area contributed by atoms with Crippen LogP contribution in [0.3, 0.4) is 0 Å². The minimum atomic E-state index is -1.70. The van der Waals surface area contributed by atoms with Gasteiger partial charge in [-0.3, -0.25) is 4.79 Å². The number of pyridine rings is 2. The van der Waals surface area contributed by atoms with Gasteiger partial charge in [0.15, 0.2) is 5.76 Å². The monoisotopic (exact) mass is 496 g/mol. The number of aliphatic hydroxyl groups is 1. The lowest BCUT2D eigenvalue weighted by molar-refractivity contribution is -0.144. The number of carbonyl (C=O) groups is 1. The largest absolute Gasteiger partial charge is 0.373 e. The second-order valence-electron chi connectivity index (χ2n) is 9.11. The molecule has 0 unspecified atom stereocenters. The van der Waals surface area contributed by atoms with Gasteiger partial charge in [-0.15, -0.1) is 0 Å². The summed E-state index contributed by atoms with van der Waals surface area (Å²) in [5.74, 6) is 0.173. The zero-order valence-electron chi connectivity index (χ0n) is 20.2. The van der Waals surface area contributed by atoms with Crippen LogP contribution >= 0.6 is 0 Å². The van der Waals surface area contributed by atoms with Crippen LogP contribution in [0.15, 0.2) is 71.8 Å². The highest BCUT2D eigenvalue weighted by Crippen LogP contribution is 2.34. The van der Waals surface area contributed by atoms with Gasteiger partial charge in [-0.05, 0) is 42.8 Å². The van der Waals surface area contributed by atoms with Gasteiger partial charge in [0.25, 0.3) is 5.91 Å². The van der Waals surface area contributed by atoms with E-state index in [4.69, 9.17) is 4.52 Å². The molecule has 5 aromatic heterocycles. The molecule has 1 fully saturated rings. The van der Waals surface area contributed by atoms with Gasteiger partial charge in [-0.1, -0.05) is 11.2 Å². The molecule has 0 radical (unpaired) electrons. The number of rotatable bonds is 6. The van der Waals surface area contributed by atoms with E-state index < -0.39 is 11.5 Å². The molecule has 11 heteroatoms. The summed E-state index contributed by atoms with van der Waals surface area (Å²) in [4.78, 5) is 31.9. The maximum Gasteiger partial charge on any atom is 0.262 e. The van der Waals surface area contributed by atoms with Crippen LogP contribution in [0.5, 0.6) is 0 Å². The highest BCUT2D eigenvalue weighted by molar-refractivity contribution is 5.87. The summed E-state index contributed by atoms with van der Waals surface area (Å²) < 4.78 is 7.32. The number of hydrogen-bond acceptors (Lipinski definition) is 9. The lowest BCUT2D eigenvalue weighted by atomic mass is 9.98. The summed E-state index contributed by atoms with van der Waals surface area (Å²) in [7, 11) is 1.65. The molecule has 1 aliphatic heterocycles. The fraction of sp³-hybridized carbons (Fsp3) is 0.231. The lowest BCUT2D eigenvalue weighted by Crippen LogP contribution is -2.35. The van der Waals surface area contributed by atoms with Crippen molar-refractivity contribution in [3.8, 4) is 22.8 Å². The molecular weight excluding hydrogens is 472 g/mol. The lowest BCUT2D eigenvalue weighted by Gasteiger charge is -2.16. The first-order valence-corrected chi connectivity index (χ1v) is 11.9. The topological polar surface area (TPSA) is 135 Å². The molecule has 2 atom stereocenters. The first-order valence-electron chi connectivity index (χ1n) is 11.9. The van der Waals surface area contributed by atoms with Crippen molar-refractivity contribution in [1.82, 2.24) is 34.4 Å². The molecule has 0 aliphatic carbocycles. The zero-order chi connectivity index (χ0) is 25.6. The van der Waals surface area contributed by atoms with Gasteiger partial charge in [0.2, 0.25) is 11.5 Å². The van der Waals surface area contributed by atoms with E-state index in [2.05, 4.69) is 30.4 Å². The minimum absolute atomic E-state index is 0.0482. The van der Waals surface area contributed by atoms with E-state index in [0.717, 1.165) is 11.2 Å². The third-order valence-corrected chi connectivity index (χ3v) is 6.62. The number of imidazole rings is 1. The number of fused-ring (bicyclic) bond motifs is 1. The predicted molar refractivity (Wildman–Crippen MR) is 134 cm³/mol. The Morgan fingerprint density at radius 3 is 2.65 bits per heavy atom. The molecule has 0 aromatic carbocycles. The normalized spacial score (nSPS) is 18.5. The number of likely N-dealkylation sites (tertiary alicyclic amines) is 1. The van der Waals surface area contributed by atoms with Crippen LogP contribution in [-0.4, -0.2) is 59.0 Å². The van der Waals surface area contributed by atoms with Crippen LogP contribution in [0.2, 0.25) is 0 Å². The summed E-state index contributed by atoms with van der Waals surface area (Å²) in [5, 5.41) is 18.2. The van der Waals surface area contributed by atoms with Crippen LogP contribution in [0.1, 0.15) is 30.7 Å². The molecule has 5 aromatic rings. The molecule has 186 valence electrons. The van der Waals surface area contributed by atoms with E-state index in [1.54, 1.807) is 37.6 Å². The number of carbonyl (C=O) groups excluding carboxylic acids is 1. The molecule has 0 saturated carbocycles. The number of likely N-dealkylation sites (N-methyl/N-ethyl adjacent to an activating group) is 1. The van der Waals surface area contributed by atoms with Crippen molar-refractivity contribution in [1.29, 1.82) is 0 Å². The quantitative estimate of drug-likeness (QED) is 0.364. The fourth-order valence-corrected chi connectivity index (χ4v) is 4.44. The Kier molecular flexibility index (Phi) is 5.41. The van der Waals surface area contributed by atoms with Crippen LogP contribution in [-0.2, 0) is 10.4 Å². The third kappa shape index (κ3) is 4.08. The molecule has 11 nitrogen and oxygen atoms in total. The first-order chi connectivity index (χ1) is 17.9. The molecule has 1 saturated heterocycles. The molecular formula is C26H24N8O3. The van der Waals surface area contributed by atoms with Gasteiger partial charge in [0.05, 0.1) is 23.1 Å². The molecule has 1 amide bonds. The van der Waals surface area contributed by atoms with Gasteiger partial charge < -0.3 is 24.2 Å². The molecule has 6 heterocycles. The van der Waals surface area contributed by atoms with Crippen LogP contribution in [0.25, 0.3) is 28.4 Å². The summed E-state index contributed by atoms with van der Waals surface area (Å²) in [6.07, 6.45) is 7.56. The Balaban J connectivity index is 1.23. The predicted octanol–water partition coefficient (Wildman–Crippen LogP) is 3.06. The summed E-state index contributed by atoms with van der Waals surface area (Å²) in [6.45, 7) is 2.48.